The normalized spacial score (nSPS) is 11.0. The van der Waals surface area contributed by atoms with Crippen molar-refractivity contribution in [2.75, 3.05) is 7.11 Å². The third kappa shape index (κ3) is 2.76. The van der Waals surface area contributed by atoms with E-state index in [0.717, 1.165) is 11.6 Å². The van der Waals surface area contributed by atoms with Gasteiger partial charge in [0, 0.05) is 17.7 Å². The Hall–Kier alpha value is -3.15. The largest absolute Gasteiger partial charge is 0.508 e. The number of ether oxygens (including phenoxy) is 1. The maximum absolute atomic E-state index is 12.8. The lowest BCUT2D eigenvalue weighted by atomic mass is 10.0. The summed E-state index contributed by atoms with van der Waals surface area (Å²) in [6, 6.07) is 3.71. The van der Waals surface area contributed by atoms with Gasteiger partial charge in [0.25, 0.3) is 0 Å². The van der Waals surface area contributed by atoms with Gasteiger partial charge < -0.3 is 24.5 Å². The first-order chi connectivity index (χ1) is 11.8. The average molecular weight is 342 g/mol. The molecule has 3 aromatic rings. The van der Waals surface area contributed by atoms with Gasteiger partial charge >= 0.3 is 0 Å². The van der Waals surface area contributed by atoms with Crippen LogP contribution in [-0.4, -0.2) is 22.4 Å². The number of hydrogen-bond acceptors (Lipinski definition) is 6. The van der Waals surface area contributed by atoms with Crippen LogP contribution in [0, 0.1) is 0 Å². The van der Waals surface area contributed by atoms with Crippen molar-refractivity contribution in [1.29, 1.82) is 0 Å². The van der Waals surface area contributed by atoms with Crippen LogP contribution < -0.4 is 10.2 Å². The number of phenolic OH excluding ortho intramolecular Hbond substituents is 3. The lowest BCUT2D eigenvalue weighted by Crippen LogP contribution is -2.05. The molecule has 2 aromatic carbocycles. The second-order valence-corrected chi connectivity index (χ2v) is 6.04. The van der Waals surface area contributed by atoms with Gasteiger partial charge in [-0.25, -0.2) is 0 Å². The van der Waals surface area contributed by atoms with E-state index in [2.05, 4.69) is 0 Å². The van der Waals surface area contributed by atoms with Gasteiger partial charge in [0.05, 0.1) is 12.5 Å². The molecule has 0 unspecified atom stereocenters. The van der Waals surface area contributed by atoms with Gasteiger partial charge in [-0.15, -0.1) is 0 Å². The second-order valence-electron chi connectivity index (χ2n) is 6.04. The van der Waals surface area contributed by atoms with Gasteiger partial charge in [0.1, 0.15) is 28.1 Å². The van der Waals surface area contributed by atoms with Gasteiger partial charge in [-0.3, -0.25) is 4.79 Å². The summed E-state index contributed by atoms with van der Waals surface area (Å²) >= 11 is 0. The van der Waals surface area contributed by atoms with Crippen LogP contribution in [0.2, 0.25) is 0 Å². The van der Waals surface area contributed by atoms with E-state index < -0.39 is 5.43 Å². The van der Waals surface area contributed by atoms with Crippen LogP contribution >= 0.6 is 0 Å². The SMILES string of the molecule is COc1cc2c(=O)c3c(O)cc(O)cc3oc2c(CC=C(C)C)c1O. The van der Waals surface area contributed by atoms with E-state index in [1.54, 1.807) is 0 Å². The van der Waals surface area contributed by atoms with Crippen LogP contribution in [0.1, 0.15) is 19.4 Å². The molecule has 6 heteroatoms. The first-order valence-electron chi connectivity index (χ1n) is 7.68. The summed E-state index contributed by atoms with van der Waals surface area (Å²) < 4.78 is 10.9. The molecule has 0 aliphatic heterocycles. The highest BCUT2D eigenvalue weighted by Gasteiger charge is 2.20. The fourth-order valence-electron chi connectivity index (χ4n) is 2.76. The Morgan fingerprint density at radius 3 is 2.56 bits per heavy atom. The quantitative estimate of drug-likeness (QED) is 0.497. The molecule has 0 aliphatic carbocycles. The Morgan fingerprint density at radius 1 is 1.20 bits per heavy atom. The summed E-state index contributed by atoms with van der Waals surface area (Å²) in [5.41, 5.74) is 1.20. The number of rotatable bonds is 3. The molecule has 0 saturated heterocycles. The van der Waals surface area contributed by atoms with E-state index in [0.29, 0.717) is 12.0 Å². The van der Waals surface area contributed by atoms with Crippen molar-refractivity contribution in [3.05, 3.63) is 45.6 Å². The Labute approximate surface area is 143 Å². The van der Waals surface area contributed by atoms with Crippen molar-refractivity contribution >= 4 is 21.9 Å². The molecule has 6 nitrogen and oxygen atoms in total. The molecule has 25 heavy (non-hydrogen) atoms. The van der Waals surface area contributed by atoms with Crippen LogP contribution in [0.5, 0.6) is 23.0 Å². The summed E-state index contributed by atoms with van der Waals surface area (Å²) in [6.45, 7) is 3.84. The first kappa shape index (κ1) is 16.7. The van der Waals surface area contributed by atoms with E-state index >= 15 is 0 Å². The molecular formula is C19H18O6. The summed E-state index contributed by atoms with van der Waals surface area (Å²) in [7, 11) is 1.39. The minimum absolute atomic E-state index is 0.0359. The molecule has 1 aromatic heterocycles. The first-order valence-corrected chi connectivity index (χ1v) is 7.68. The van der Waals surface area contributed by atoms with Crippen LogP contribution in [0.3, 0.4) is 0 Å². The smallest absolute Gasteiger partial charge is 0.204 e. The van der Waals surface area contributed by atoms with E-state index in [1.807, 2.05) is 19.9 Å². The third-order valence-electron chi connectivity index (χ3n) is 4.00. The molecule has 0 aliphatic rings. The zero-order valence-corrected chi connectivity index (χ0v) is 14.1. The van der Waals surface area contributed by atoms with Crippen molar-refractivity contribution in [1.82, 2.24) is 0 Å². The van der Waals surface area contributed by atoms with Crippen LogP contribution in [0.4, 0.5) is 0 Å². The summed E-state index contributed by atoms with van der Waals surface area (Å²) in [5, 5.41) is 30.3. The minimum Gasteiger partial charge on any atom is -0.508 e. The maximum Gasteiger partial charge on any atom is 0.204 e. The van der Waals surface area contributed by atoms with Crippen molar-refractivity contribution in [3.63, 3.8) is 0 Å². The molecular weight excluding hydrogens is 324 g/mol. The summed E-state index contributed by atoms with van der Waals surface area (Å²) in [6.07, 6.45) is 2.22. The molecule has 3 N–H and O–H groups in total. The Bertz CT molecular complexity index is 1070. The molecule has 0 amide bonds. The molecule has 0 saturated carbocycles. The highest BCUT2D eigenvalue weighted by Crippen LogP contribution is 2.38. The summed E-state index contributed by atoms with van der Waals surface area (Å²) in [4.78, 5) is 12.8. The zero-order valence-electron chi connectivity index (χ0n) is 14.1. The fourth-order valence-corrected chi connectivity index (χ4v) is 2.76. The topological polar surface area (TPSA) is 100 Å². The van der Waals surface area contributed by atoms with E-state index in [1.165, 1.54) is 19.2 Å². The van der Waals surface area contributed by atoms with Crippen molar-refractivity contribution in [2.45, 2.75) is 20.3 Å². The molecule has 0 bridgehead atoms. The summed E-state index contributed by atoms with van der Waals surface area (Å²) in [5.74, 6) is -0.562. The van der Waals surface area contributed by atoms with Gasteiger partial charge in [0.15, 0.2) is 11.5 Å². The molecule has 130 valence electrons. The predicted molar refractivity (Wildman–Crippen MR) is 94.7 cm³/mol. The minimum atomic E-state index is -0.467. The molecule has 0 atom stereocenters. The maximum atomic E-state index is 12.8. The van der Waals surface area contributed by atoms with E-state index in [4.69, 9.17) is 9.15 Å². The van der Waals surface area contributed by atoms with Crippen LogP contribution in [0.25, 0.3) is 21.9 Å². The average Bonchev–Trinajstić information content (AvgIpc) is 2.53. The number of fused-ring (bicyclic) bond motifs is 2. The molecule has 0 radical (unpaired) electrons. The number of hydrogen-bond donors (Lipinski definition) is 3. The standard InChI is InChI=1S/C19H18O6/c1-9(2)4-5-11-17(22)15(24-3)8-12-18(23)16-13(21)6-10(20)7-14(16)25-19(11)12/h4,6-8,20-22H,5H2,1-3H3. The fraction of sp³-hybridized carbons (Fsp3) is 0.211. The Balaban J connectivity index is 2.50. The van der Waals surface area contributed by atoms with E-state index in [9.17, 15) is 20.1 Å². The van der Waals surface area contributed by atoms with Gasteiger partial charge in [-0.1, -0.05) is 11.6 Å². The Kier molecular flexibility index (Phi) is 4.04. The zero-order chi connectivity index (χ0) is 18.3. The molecule has 1 heterocycles. The van der Waals surface area contributed by atoms with Gasteiger partial charge in [-0.05, 0) is 26.3 Å². The number of aromatic hydroxyl groups is 3. The molecule has 0 fully saturated rings. The highest BCUT2D eigenvalue weighted by molar-refractivity contribution is 5.96. The van der Waals surface area contributed by atoms with E-state index in [-0.39, 0.29) is 44.9 Å². The van der Waals surface area contributed by atoms with Gasteiger partial charge in [-0.2, -0.15) is 0 Å². The number of benzene rings is 2. The lowest BCUT2D eigenvalue weighted by Gasteiger charge is -2.12. The highest BCUT2D eigenvalue weighted by atomic mass is 16.5. The lowest BCUT2D eigenvalue weighted by molar-refractivity contribution is 0.371. The van der Waals surface area contributed by atoms with Crippen LogP contribution in [0.15, 0.2) is 39.1 Å². The monoisotopic (exact) mass is 342 g/mol. The van der Waals surface area contributed by atoms with Crippen molar-refractivity contribution in [3.8, 4) is 23.0 Å². The Morgan fingerprint density at radius 2 is 1.92 bits per heavy atom. The molecule has 0 spiro atoms. The van der Waals surface area contributed by atoms with Crippen LogP contribution in [-0.2, 0) is 6.42 Å². The second kappa shape index (κ2) is 6.05. The number of methoxy groups -OCH3 is 1. The predicted octanol–water partition coefficient (Wildman–Crippen LogP) is 3.58. The number of allylic oxidation sites excluding steroid dienone is 2. The third-order valence-corrected chi connectivity index (χ3v) is 4.00. The van der Waals surface area contributed by atoms with Gasteiger partial charge in [0.2, 0.25) is 5.43 Å². The molecule has 3 rings (SSSR count). The van der Waals surface area contributed by atoms with Crippen molar-refractivity contribution in [2.24, 2.45) is 0 Å². The number of phenols is 3. The van der Waals surface area contributed by atoms with Crippen molar-refractivity contribution < 1.29 is 24.5 Å².